The van der Waals surface area contributed by atoms with E-state index in [0.717, 1.165) is 45.4 Å². The quantitative estimate of drug-likeness (QED) is 0.576. The lowest BCUT2D eigenvalue weighted by molar-refractivity contribution is -0.145. The second-order valence-electron chi connectivity index (χ2n) is 10.9. The van der Waals surface area contributed by atoms with Crippen molar-refractivity contribution in [3.8, 4) is 0 Å². The molecule has 32 heavy (non-hydrogen) atoms. The SMILES string of the molecule is Cc1ccc(C)c(N2CCN(C[C@H]3C(=O)O[C@@H]4CC5=CCC[C@H](C)[C@@]5(C)[C@@H](O)[C@@H]43)CC2)c1. The molecule has 0 spiro atoms. The van der Waals surface area contributed by atoms with Crippen LogP contribution in [0.5, 0.6) is 0 Å². The second kappa shape index (κ2) is 8.18. The number of carbonyl (C=O) groups is 1. The highest BCUT2D eigenvalue weighted by Crippen LogP contribution is 2.56. The predicted octanol–water partition coefficient (Wildman–Crippen LogP) is 3.71. The number of benzene rings is 1. The van der Waals surface area contributed by atoms with E-state index >= 15 is 0 Å². The number of allylic oxidation sites excluding steroid dienone is 1. The monoisotopic (exact) mass is 438 g/mol. The van der Waals surface area contributed by atoms with Crippen LogP contribution < -0.4 is 4.90 Å². The van der Waals surface area contributed by atoms with E-state index in [1.165, 1.54) is 22.4 Å². The summed E-state index contributed by atoms with van der Waals surface area (Å²) in [7, 11) is 0. The molecule has 3 fully saturated rings. The number of rotatable bonds is 3. The molecule has 5 nitrogen and oxygen atoms in total. The van der Waals surface area contributed by atoms with Crippen LogP contribution in [0.4, 0.5) is 5.69 Å². The molecule has 174 valence electrons. The number of esters is 1. The summed E-state index contributed by atoms with van der Waals surface area (Å²) in [6, 6.07) is 6.64. The molecular weight excluding hydrogens is 400 g/mol. The van der Waals surface area contributed by atoms with Gasteiger partial charge in [0.1, 0.15) is 6.10 Å². The number of fused-ring (bicyclic) bond motifs is 2. The number of hydrogen-bond donors (Lipinski definition) is 1. The van der Waals surface area contributed by atoms with Crippen LogP contribution in [0.3, 0.4) is 0 Å². The van der Waals surface area contributed by atoms with Gasteiger partial charge in [-0.05, 0) is 49.8 Å². The lowest BCUT2D eigenvalue weighted by Gasteiger charge is -2.52. The van der Waals surface area contributed by atoms with Crippen molar-refractivity contribution in [1.82, 2.24) is 4.90 Å². The maximum atomic E-state index is 12.9. The van der Waals surface area contributed by atoms with Gasteiger partial charge in [0.05, 0.1) is 12.0 Å². The Hall–Kier alpha value is -1.85. The number of aliphatic hydroxyl groups is 1. The molecule has 5 heteroatoms. The third-order valence-corrected chi connectivity index (χ3v) is 9.10. The Kier molecular flexibility index (Phi) is 5.61. The van der Waals surface area contributed by atoms with Crippen LogP contribution >= 0.6 is 0 Å². The largest absolute Gasteiger partial charge is 0.461 e. The minimum absolute atomic E-state index is 0.0951. The van der Waals surface area contributed by atoms with Crippen LogP contribution in [0.15, 0.2) is 29.8 Å². The van der Waals surface area contributed by atoms with Gasteiger partial charge in [0, 0.05) is 56.2 Å². The number of nitrogens with zero attached hydrogens (tertiary/aromatic N) is 2. The maximum absolute atomic E-state index is 12.9. The molecule has 2 heterocycles. The third kappa shape index (κ3) is 3.49. The van der Waals surface area contributed by atoms with Crippen LogP contribution in [0.25, 0.3) is 0 Å². The Morgan fingerprint density at radius 2 is 1.94 bits per heavy atom. The fourth-order valence-electron chi connectivity index (χ4n) is 6.78. The van der Waals surface area contributed by atoms with Gasteiger partial charge in [0.15, 0.2) is 0 Å². The molecule has 6 atom stereocenters. The second-order valence-corrected chi connectivity index (χ2v) is 10.9. The first-order chi connectivity index (χ1) is 15.3. The van der Waals surface area contributed by atoms with Crippen LogP contribution in [0.2, 0.25) is 0 Å². The standard InChI is InChI=1S/C27H38N2O3/c1-17-8-9-18(2)22(14-17)29-12-10-28(11-13-29)16-21-24-23(32-26(21)31)15-20-7-5-6-19(3)27(20,4)25(24)30/h7-9,14,19,21,23-25,30H,5-6,10-13,15-16H2,1-4H3/t19-,21+,23+,24+,25-,27+/m0/s1. The van der Waals surface area contributed by atoms with E-state index in [-0.39, 0.29) is 29.3 Å². The van der Waals surface area contributed by atoms with Crippen molar-refractivity contribution < 1.29 is 14.6 Å². The highest BCUT2D eigenvalue weighted by molar-refractivity contribution is 5.76. The summed E-state index contributed by atoms with van der Waals surface area (Å²) in [5.74, 6) is -0.000529. The Bertz CT molecular complexity index is 919. The first kappa shape index (κ1) is 22.0. The van der Waals surface area contributed by atoms with E-state index in [4.69, 9.17) is 4.74 Å². The minimum atomic E-state index is -0.518. The summed E-state index contributed by atoms with van der Waals surface area (Å²) in [4.78, 5) is 17.8. The van der Waals surface area contributed by atoms with Crippen LogP contribution in [0, 0.1) is 37.0 Å². The molecule has 1 aromatic rings. The summed E-state index contributed by atoms with van der Waals surface area (Å²) in [6.45, 7) is 13.3. The van der Waals surface area contributed by atoms with Gasteiger partial charge in [-0.3, -0.25) is 9.69 Å². The molecule has 0 unspecified atom stereocenters. The number of piperazine rings is 1. The van der Waals surface area contributed by atoms with Gasteiger partial charge < -0.3 is 14.7 Å². The van der Waals surface area contributed by atoms with Crippen molar-refractivity contribution in [2.75, 3.05) is 37.6 Å². The molecule has 0 bridgehead atoms. The average molecular weight is 439 g/mol. The fourth-order valence-corrected chi connectivity index (χ4v) is 6.78. The van der Waals surface area contributed by atoms with Gasteiger partial charge in [0.2, 0.25) is 0 Å². The molecular formula is C27H38N2O3. The fraction of sp³-hybridized carbons (Fsp3) is 0.667. The first-order valence-corrected chi connectivity index (χ1v) is 12.4. The molecule has 4 aliphatic rings. The normalized spacial score (nSPS) is 37.5. The van der Waals surface area contributed by atoms with Crippen LogP contribution in [-0.2, 0) is 9.53 Å². The van der Waals surface area contributed by atoms with E-state index in [9.17, 15) is 9.90 Å². The van der Waals surface area contributed by atoms with Crippen LogP contribution in [0.1, 0.15) is 44.2 Å². The zero-order valence-electron chi connectivity index (χ0n) is 20.0. The molecule has 0 aromatic heterocycles. The molecule has 1 saturated carbocycles. The van der Waals surface area contributed by atoms with Crippen molar-refractivity contribution in [1.29, 1.82) is 0 Å². The molecule has 2 saturated heterocycles. The predicted molar refractivity (Wildman–Crippen MR) is 127 cm³/mol. The van der Waals surface area contributed by atoms with Crippen molar-refractivity contribution in [3.05, 3.63) is 41.0 Å². The van der Waals surface area contributed by atoms with Crippen molar-refractivity contribution >= 4 is 11.7 Å². The van der Waals surface area contributed by atoms with E-state index in [1.54, 1.807) is 0 Å². The molecule has 5 rings (SSSR count). The van der Waals surface area contributed by atoms with E-state index in [0.29, 0.717) is 12.5 Å². The Labute approximate surface area is 192 Å². The highest BCUT2D eigenvalue weighted by Gasteiger charge is 2.59. The zero-order chi connectivity index (χ0) is 22.6. The third-order valence-electron chi connectivity index (χ3n) is 9.10. The van der Waals surface area contributed by atoms with Crippen molar-refractivity contribution in [2.45, 2.75) is 59.2 Å². The number of aliphatic hydroxyl groups excluding tert-OH is 1. The van der Waals surface area contributed by atoms with Gasteiger partial charge in [-0.1, -0.05) is 37.6 Å². The zero-order valence-corrected chi connectivity index (χ0v) is 20.0. The smallest absolute Gasteiger partial charge is 0.311 e. The topological polar surface area (TPSA) is 53.0 Å². The Morgan fingerprint density at radius 3 is 2.69 bits per heavy atom. The van der Waals surface area contributed by atoms with Gasteiger partial charge >= 0.3 is 5.97 Å². The number of anilines is 1. The van der Waals surface area contributed by atoms with Crippen molar-refractivity contribution in [2.24, 2.45) is 23.2 Å². The minimum Gasteiger partial charge on any atom is -0.461 e. The lowest BCUT2D eigenvalue weighted by Crippen LogP contribution is -2.55. The highest BCUT2D eigenvalue weighted by atomic mass is 16.6. The summed E-state index contributed by atoms with van der Waals surface area (Å²) in [6.07, 6.45) is 4.59. The van der Waals surface area contributed by atoms with E-state index < -0.39 is 6.10 Å². The van der Waals surface area contributed by atoms with E-state index in [2.05, 4.69) is 61.8 Å². The molecule has 1 aromatic carbocycles. The van der Waals surface area contributed by atoms with Gasteiger partial charge in [-0.25, -0.2) is 0 Å². The van der Waals surface area contributed by atoms with Crippen LogP contribution in [-0.4, -0.2) is 60.9 Å². The first-order valence-electron chi connectivity index (χ1n) is 12.4. The number of aryl methyl sites for hydroxylation is 2. The summed E-state index contributed by atoms with van der Waals surface area (Å²) in [5, 5.41) is 11.6. The molecule has 0 amide bonds. The van der Waals surface area contributed by atoms with Gasteiger partial charge in [0.25, 0.3) is 0 Å². The summed E-state index contributed by atoms with van der Waals surface area (Å²) >= 11 is 0. The number of carbonyl (C=O) groups excluding carboxylic acids is 1. The summed E-state index contributed by atoms with van der Waals surface area (Å²) < 4.78 is 5.86. The van der Waals surface area contributed by atoms with E-state index in [1.807, 2.05) is 0 Å². The lowest BCUT2D eigenvalue weighted by atomic mass is 9.55. The summed E-state index contributed by atoms with van der Waals surface area (Å²) in [5.41, 5.74) is 5.01. The van der Waals surface area contributed by atoms with Gasteiger partial charge in [-0.15, -0.1) is 0 Å². The van der Waals surface area contributed by atoms with Gasteiger partial charge in [-0.2, -0.15) is 0 Å². The molecule has 2 aliphatic heterocycles. The molecule has 0 radical (unpaired) electrons. The number of ether oxygens (including phenoxy) is 1. The Balaban J connectivity index is 1.28. The van der Waals surface area contributed by atoms with Crippen molar-refractivity contribution in [3.63, 3.8) is 0 Å². The maximum Gasteiger partial charge on any atom is 0.311 e. The molecule has 1 N–H and O–H groups in total. The Morgan fingerprint density at radius 1 is 1.19 bits per heavy atom. The number of hydrogen-bond acceptors (Lipinski definition) is 5. The molecule has 2 aliphatic carbocycles. The average Bonchev–Trinajstić information content (AvgIpc) is 3.08.